The molecule has 0 saturated heterocycles. The number of aromatic nitrogens is 1. The van der Waals surface area contributed by atoms with Crippen molar-refractivity contribution < 1.29 is 14.6 Å². The van der Waals surface area contributed by atoms with Crippen LogP contribution in [0, 0.1) is 18.3 Å². The number of rotatable bonds is 6. The summed E-state index contributed by atoms with van der Waals surface area (Å²) in [6.45, 7) is 3.90. The molecule has 0 bridgehead atoms. The Labute approximate surface area is 156 Å². The van der Waals surface area contributed by atoms with Crippen molar-refractivity contribution in [3.8, 4) is 11.9 Å². The van der Waals surface area contributed by atoms with Crippen LogP contribution in [0.5, 0.6) is 5.88 Å². The first kappa shape index (κ1) is 19.8. The number of nitrogens with zero attached hydrogens (tertiary/aromatic N) is 4. The van der Waals surface area contributed by atoms with E-state index in [1.807, 2.05) is 13.0 Å². The first-order valence-corrected chi connectivity index (χ1v) is 8.42. The van der Waals surface area contributed by atoms with Gasteiger partial charge in [-0.1, -0.05) is 13.3 Å². The molecular formula is C19H20N4O4. The van der Waals surface area contributed by atoms with Crippen molar-refractivity contribution in [2.75, 3.05) is 6.61 Å². The molecule has 8 nitrogen and oxygen atoms in total. The number of benzene rings is 1. The van der Waals surface area contributed by atoms with Crippen LogP contribution in [0.2, 0.25) is 0 Å². The Morgan fingerprint density at radius 3 is 2.56 bits per heavy atom. The normalized spacial score (nSPS) is 10.7. The fourth-order valence-electron chi connectivity index (χ4n) is 2.29. The van der Waals surface area contributed by atoms with Gasteiger partial charge in [0.25, 0.3) is 5.56 Å². The minimum Gasteiger partial charge on any atom is -0.493 e. The molecule has 0 aliphatic carbocycles. The summed E-state index contributed by atoms with van der Waals surface area (Å²) < 4.78 is 6.07. The second kappa shape index (κ2) is 8.76. The zero-order valence-electron chi connectivity index (χ0n) is 15.4. The number of aromatic hydroxyl groups is 1. The van der Waals surface area contributed by atoms with Crippen LogP contribution in [0.25, 0.3) is 0 Å². The topological polar surface area (TPSA) is 117 Å². The maximum absolute atomic E-state index is 12.2. The van der Waals surface area contributed by atoms with Gasteiger partial charge in [-0.25, -0.2) is 4.79 Å². The maximum atomic E-state index is 12.2. The Morgan fingerprint density at radius 2 is 1.96 bits per heavy atom. The molecule has 0 saturated carbocycles. The van der Waals surface area contributed by atoms with E-state index < -0.39 is 17.4 Å². The van der Waals surface area contributed by atoms with Gasteiger partial charge in [-0.3, -0.25) is 9.36 Å². The molecule has 0 aliphatic heterocycles. The number of ether oxygens (including phenoxy) is 1. The quantitative estimate of drug-likeness (QED) is 0.474. The van der Waals surface area contributed by atoms with E-state index in [1.54, 1.807) is 24.3 Å². The van der Waals surface area contributed by atoms with Gasteiger partial charge in [-0.2, -0.15) is 10.4 Å². The summed E-state index contributed by atoms with van der Waals surface area (Å²) in [5.74, 6) is -0.821. The highest BCUT2D eigenvalue weighted by Gasteiger charge is 2.17. The van der Waals surface area contributed by atoms with Crippen molar-refractivity contribution in [2.24, 2.45) is 17.3 Å². The molecule has 140 valence electrons. The first-order chi connectivity index (χ1) is 12.9. The number of carbonyl (C=O) groups is 1. The summed E-state index contributed by atoms with van der Waals surface area (Å²) in [6.07, 6.45) is 1.75. The van der Waals surface area contributed by atoms with E-state index in [0.29, 0.717) is 17.9 Å². The average molecular weight is 368 g/mol. The number of azo groups is 1. The zero-order chi connectivity index (χ0) is 20.0. The van der Waals surface area contributed by atoms with E-state index in [2.05, 4.69) is 10.2 Å². The van der Waals surface area contributed by atoms with Crippen LogP contribution in [0.15, 0.2) is 39.3 Å². The second-order valence-electron chi connectivity index (χ2n) is 5.88. The smallest absolute Gasteiger partial charge is 0.338 e. The molecule has 2 aromatic rings. The van der Waals surface area contributed by atoms with Crippen molar-refractivity contribution in [1.29, 1.82) is 5.26 Å². The number of hydrogen-bond donors (Lipinski definition) is 1. The fourth-order valence-corrected chi connectivity index (χ4v) is 2.29. The molecule has 1 aromatic heterocycles. The lowest BCUT2D eigenvalue weighted by Gasteiger charge is -2.08. The third-order valence-corrected chi connectivity index (χ3v) is 3.99. The largest absolute Gasteiger partial charge is 0.493 e. The molecule has 0 aliphatic rings. The van der Waals surface area contributed by atoms with Crippen LogP contribution in [0.1, 0.15) is 41.3 Å². The van der Waals surface area contributed by atoms with Crippen molar-refractivity contribution in [2.45, 2.75) is 26.7 Å². The Bertz CT molecular complexity index is 969. The van der Waals surface area contributed by atoms with Crippen LogP contribution in [-0.2, 0) is 11.8 Å². The maximum Gasteiger partial charge on any atom is 0.338 e. The van der Waals surface area contributed by atoms with E-state index in [4.69, 9.17) is 10.00 Å². The molecule has 0 spiro atoms. The minimum atomic E-state index is -0.566. The third kappa shape index (κ3) is 4.39. The summed E-state index contributed by atoms with van der Waals surface area (Å²) in [5.41, 5.74) is 0.440. The summed E-state index contributed by atoms with van der Waals surface area (Å²) in [4.78, 5) is 24.1. The Morgan fingerprint density at radius 1 is 1.30 bits per heavy atom. The molecule has 1 heterocycles. The number of esters is 1. The van der Waals surface area contributed by atoms with Gasteiger partial charge in [-0.15, -0.1) is 5.11 Å². The molecule has 0 atom stereocenters. The SMILES string of the molecule is CCCCOC(=O)c1ccc(N=Nc2c(C)c(C#N)c(O)n(C)c2=O)cc1. The van der Waals surface area contributed by atoms with Crippen molar-refractivity contribution in [3.63, 3.8) is 0 Å². The number of carbonyl (C=O) groups excluding carboxylic acids is 1. The molecule has 0 amide bonds. The Kier molecular flexibility index (Phi) is 6.44. The predicted octanol–water partition coefficient (Wildman–Crippen LogP) is 3.64. The Hall–Kier alpha value is -3.47. The minimum absolute atomic E-state index is 0.0313. The van der Waals surface area contributed by atoms with Crippen LogP contribution in [0.3, 0.4) is 0 Å². The van der Waals surface area contributed by atoms with Gasteiger partial charge in [0.05, 0.1) is 17.9 Å². The van der Waals surface area contributed by atoms with E-state index in [0.717, 1.165) is 17.4 Å². The Balaban J connectivity index is 2.25. The van der Waals surface area contributed by atoms with Gasteiger partial charge in [-0.05, 0) is 37.6 Å². The molecule has 1 aromatic carbocycles. The van der Waals surface area contributed by atoms with E-state index >= 15 is 0 Å². The van der Waals surface area contributed by atoms with Crippen molar-refractivity contribution in [3.05, 3.63) is 51.3 Å². The van der Waals surface area contributed by atoms with Crippen LogP contribution < -0.4 is 5.56 Å². The van der Waals surface area contributed by atoms with Crippen LogP contribution in [-0.4, -0.2) is 22.2 Å². The molecule has 2 rings (SSSR count). The highest BCUT2D eigenvalue weighted by atomic mass is 16.5. The van der Waals surface area contributed by atoms with Crippen LogP contribution >= 0.6 is 0 Å². The summed E-state index contributed by atoms with van der Waals surface area (Å²) in [7, 11) is 1.34. The first-order valence-electron chi connectivity index (χ1n) is 8.42. The number of unbranched alkanes of at least 4 members (excludes halogenated alkanes) is 1. The average Bonchev–Trinajstić information content (AvgIpc) is 2.67. The number of hydrogen-bond acceptors (Lipinski definition) is 7. The molecule has 8 heteroatoms. The molecule has 1 N–H and O–H groups in total. The van der Waals surface area contributed by atoms with Crippen LogP contribution in [0.4, 0.5) is 11.4 Å². The molecule has 0 unspecified atom stereocenters. The fraction of sp³-hybridized carbons (Fsp3) is 0.316. The molecule has 0 radical (unpaired) electrons. The predicted molar refractivity (Wildman–Crippen MR) is 98.6 cm³/mol. The van der Waals surface area contributed by atoms with Crippen molar-refractivity contribution >= 4 is 17.3 Å². The summed E-state index contributed by atoms with van der Waals surface area (Å²) in [5, 5.41) is 26.9. The number of pyridine rings is 1. The highest BCUT2D eigenvalue weighted by molar-refractivity contribution is 5.89. The molecule has 0 fully saturated rings. The van der Waals surface area contributed by atoms with Gasteiger partial charge in [0, 0.05) is 12.6 Å². The third-order valence-electron chi connectivity index (χ3n) is 3.99. The zero-order valence-corrected chi connectivity index (χ0v) is 15.4. The molecule has 27 heavy (non-hydrogen) atoms. The lowest BCUT2D eigenvalue weighted by atomic mass is 10.1. The highest BCUT2D eigenvalue weighted by Crippen LogP contribution is 2.26. The summed E-state index contributed by atoms with van der Waals surface area (Å²) >= 11 is 0. The standard InChI is InChI=1S/C19H20N4O4/c1-4-5-10-27-19(26)13-6-8-14(9-7-13)21-22-16-12(2)15(11-20)17(24)23(3)18(16)25/h6-9,24H,4-5,10H2,1-3H3. The summed E-state index contributed by atoms with van der Waals surface area (Å²) in [6, 6.07) is 8.12. The molecular weight excluding hydrogens is 348 g/mol. The van der Waals surface area contributed by atoms with E-state index in [9.17, 15) is 14.7 Å². The monoisotopic (exact) mass is 368 g/mol. The lowest BCUT2D eigenvalue weighted by molar-refractivity contribution is 0.0500. The lowest BCUT2D eigenvalue weighted by Crippen LogP contribution is -2.18. The van der Waals surface area contributed by atoms with E-state index in [-0.39, 0.29) is 16.8 Å². The van der Waals surface area contributed by atoms with Gasteiger partial charge in [0.1, 0.15) is 11.6 Å². The van der Waals surface area contributed by atoms with E-state index in [1.165, 1.54) is 14.0 Å². The van der Waals surface area contributed by atoms with Crippen molar-refractivity contribution in [1.82, 2.24) is 4.57 Å². The van der Waals surface area contributed by atoms with Gasteiger partial charge < -0.3 is 9.84 Å². The van der Waals surface area contributed by atoms with Gasteiger partial charge in [0.2, 0.25) is 5.88 Å². The second-order valence-corrected chi connectivity index (χ2v) is 5.88. The van der Waals surface area contributed by atoms with Gasteiger partial charge in [0.15, 0.2) is 5.69 Å². The number of nitriles is 1. The van der Waals surface area contributed by atoms with Gasteiger partial charge >= 0.3 is 5.97 Å².